The molecule has 0 atom stereocenters. The van der Waals surface area contributed by atoms with Crippen molar-refractivity contribution in [2.75, 3.05) is 5.73 Å². The number of hydrogen-bond acceptors (Lipinski definition) is 2. The van der Waals surface area contributed by atoms with E-state index in [1.54, 1.807) is 12.1 Å². The molecule has 2 aromatic rings. The lowest BCUT2D eigenvalue weighted by molar-refractivity contribution is 0.103. The summed E-state index contributed by atoms with van der Waals surface area (Å²) in [7, 11) is 0. The summed E-state index contributed by atoms with van der Waals surface area (Å²) in [6.07, 6.45) is 0.982. The van der Waals surface area contributed by atoms with Crippen molar-refractivity contribution in [3.05, 3.63) is 64.7 Å². The average molecular weight is 239 g/mol. The summed E-state index contributed by atoms with van der Waals surface area (Å²) >= 11 is 0. The van der Waals surface area contributed by atoms with Gasteiger partial charge >= 0.3 is 0 Å². The first-order chi connectivity index (χ1) is 8.61. The summed E-state index contributed by atoms with van der Waals surface area (Å²) < 4.78 is 0. The zero-order chi connectivity index (χ0) is 13.1. The molecular weight excluding hydrogens is 222 g/mol. The van der Waals surface area contributed by atoms with E-state index in [1.165, 1.54) is 5.56 Å². The quantitative estimate of drug-likeness (QED) is 0.659. The lowest BCUT2D eigenvalue weighted by Gasteiger charge is -2.05. The number of aryl methyl sites for hydroxylation is 2. The third-order valence-corrected chi connectivity index (χ3v) is 3.16. The number of rotatable bonds is 3. The summed E-state index contributed by atoms with van der Waals surface area (Å²) in [5.74, 6) is 0.0424. The van der Waals surface area contributed by atoms with Crippen molar-refractivity contribution in [3.63, 3.8) is 0 Å². The van der Waals surface area contributed by atoms with Crippen molar-refractivity contribution in [2.45, 2.75) is 20.3 Å². The zero-order valence-corrected chi connectivity index (χ0v) is 10.7. The third-order valence-electron chi connectivity index (χ3n) is 3.16. The number of ketones is 1. The van der Waals surface area contributed by atoms with Crippen LogP contribution in [0.1, 0.15) is 34.0 Å². The van der Waals surface area contributed by atoms with Crippen LogP contribution >= 0.6 is 0 Å². The van der Waals surface area contributed by atoms with Gasteiger partial charge in [-0.2, -0.15) is 0 Å². The van der Waals surface area contributed by atoms with E-state index in [9.17, 15) is 4.79 Å². The molecule has 2 aromatic carbocycles. The van der Waals surface area contributed by atoms with Crippen molar-refractivity contribution < 1.29 is 4.79 Å². The molecule has 92 valence electrons. The van der Waals surface area contributed by atoms with E-state index in [-0.39, 0.29) is 5.78 Å². The highest BCUT2D eigenvalue weighted by atomic mass is 16.1. The molecule has 0 heterocycles. The molecule has 2 nitrogen and oxygen atoms in total. The lowest BCUT2D eigenvalue weighted by Crippen LogP contribution is -2.02. The van der Waals surface area contributed by atoms with Crippen molar-refractivity contribution in [1.82, 2.24) is 0 Å². The molecule has 0 unspecified atom stereocenters. The van der Waals surface area contributed by atoms with Crippen LogP contribution in [0.4, 0.5) is 5.69 Å². The van der Waals surface area contributed by atoms with Crippen molar-refractivity contribution in [1.29, 1.82) is 0 Å². The summed E-state index contributed by atoms with van der Waals surface area (Å²) in [6, 6.07) is 13.2. The Kier molecular flexibility index (Phi) is 3.47. The predicted octanol–water partition coefficient (Wildman–Crippen LogP) is 3.37. The fourth-order valence-electron chi connectivity index (χ4n) is 1.88. The van der Waals surface area contributed by atoms with Crippen molar-refractivity contribution in [3.8, 4) is 0 Å². The lowest BCUT2D eigenvalue weighted by atomic mass is 9.99. The molecule has 2 heteroatoms. The third kappa shape index (κ3) is 2.43. The summed E-state index contributed by atoms with van der Waals surface area (Å²) in [6.45, 7) is 4.01. The van der Waals surface area contributed by atoms with Crippen LogP contribution in [-0.2, 0) is 6.42 Å². The standard InChI is InChI=1S/C16H17NO/c1-3-12-4-6-13(7-5-12)16(18)14-8-9-15(17)11(2)10-14/h4-10H,3,17H2,1-2H3. The SMILES string of the molecule is CCc1ccc(C(=O)c2ccc(N)c(C)c2)cc1. The number of anilines is 1. The summed E-state index contributed by atoms with van der Waals surface area (Å²) in [5, 5.41) is 0. The van der Waals surface area contributed by atoms with Crippen molar-refractivity contribution in [2.24, 2.45) is 0 Å². The van der Waals surface area contributed by atoms with Crippen LogP contribution in [0.2, 0.25) is 0 Å². The van der Waals surface area contributed by atoms with Gasteiger partial charge in [0.15, 0.2) is 5.78 Å². The molecule has 0 amide bonds. The Morgan fingerprint density at radius 1 is 1.06 bits per heavy atom. The van der Waals surface area contributed by atoms with Crippen LogP contribution in [0.25, 0.3) is 0 Å². The second-order valence-electron chi connectivity index (χ2n) is 4.45. The Balaban J connectivity index is 2.32. The van der Waals surface area contributed by atoms with Gasteiger partial charge in [0.05, 0.1) is 0 Å². The number of nitrogen functional groups attached to an aromatic ring is 1. The van der Waals surface area contributed by atoms with E-state index in [0.717, 1.165) is 17.5 Å². The summed E-state index contributed by atoms with van der Waals surface area (Å²) in [4.78, 5) is 12.3. The molecule has 0 spiro atoms. The molecule has 2 N–H and O–H groups in total. The molecule has 2 rings (SSSR count). The molecule has 0 aliphatic carbocycles. The predicted molar refractivity (Wildman–Crippen MR) is 74.8 cm³/mol. The monoisotopic (exact) mass is 239 g/mol. The highest BCUT2D eigenvalue weighted by molar-refractivity contribution is 6.09. The van der Waals surface area contributed by atoms with Crippen LogP contribution < -0.4 is 5.73 Å². The number of carbonyl (C=O) groups is 1. The Bertz CT molecular complexity index is 570. The number of benzene rings is 2. The zero-order valence-electron chi connectivity index (χ0n) is 10.7. The molecular formula is C16H17NO. The van der Waals surface area contributed by atoms with Gasteiger partial charge in [0.25, 0.3) is 0 Å². The number of hydrogen-bond donors (Lipinski definition) is 1. The fraction of sp³-hybridized carbons (Fsp3) is 0.188. The van der Waals surface area contributed by atoms with Crippen LogP contribution in [0.3, 0.4) is 0 Å². The highest BCUT2D eigenvalue weighted by Crippen LogP contribution is 2.16. The van der Waals surface area contributed by atoms with E-state index >= 15 is 0 Å². The molecule has 0 radical (unpaired) electrons. The molecule has 0 bridgehead atoms. The minimum absolute atomic E-state index is 0.0424. The minimum atomic E-state index is 0.0424. The number of carbonyl (C=O) groups excluding carboxylic acids is 1. The van der Waals surface area contributed by atoms with Gasteiger partial charge in [-0.3, -0.25) is 4.79 Å². The molecule has 0 saturated carbocycles. The Morgan fingerprint density at radius 3 is 2.22 bits per heavy atom. The highest BCUT2D eigenvalue weighted by Gasteiger charge is 2.09. The van der Waals surface area contributed by atoms with Crippen LogP contribution in [0.15, 0.2) is 42.5 Å². The fourth-order valence-corrected chi connectivity index (χ4v) is 1.88. The second-order valence-corrected chi connectivity index (χ2v) is 4.45. The van der Waals surface area contributed by atoms with Gasteiger partial charge in [-0.25, -0.2) is 0 Å². The van der Waals surface area contributed by atoms with Gasteiger partial charge in [-0.1, -0.05) is 31.2 Å². The molecule has 0 aromatic heterocycles. The van der Waals surface area contributed by atoms with E-state index in [4.69, 9.17) is 5.73 Å². The molecule has 0 fully saturated rings. The molecule has 0 saturated heterocycles. The van der Waals surface area contributed by atoms with Gasteiger partial charge in [0.2, 0.25) is 0 Å². The van der Waals surface area contributed by atoms with Gasteiger partial charge in [-0.05, 0) is 42.7 Å². The maximum absolute atomic E-state index is 12.3. The molecule has 0 aliphatic heterocycles. The van der Waals surface area contributed by atoms with Gasteiger partial charge in [-0.15, -0.1) is 0 Å². The topological polar surface area (TPSA) is 43.1 Å². The van der Waals surface area contributed by atoms with E-state index in [0.29, 0.717) is 11.3 Å². The average Bonchev–Trinajstić information content (AvgIpc) is 2.41. The van der Waals surface area contributed by atoms with E-state index in [1.807, 2.05) is 37.3 Å². The molecule has 18 heavy (non-hydrogen) atoms. The van der Waals surface area contributed by atoms with Gasteiger partial charge < -0.3 is 5.73 Å². The van der Waals surface area contributed by atoms with Gasteiger partial charge in [0.1, 0.15) is 0 Å². The van der Waals surface area contributed by atoms with E-state index in [2.05, 4.69) is 6.92 Å². The molecule has 0 aliphatic rings. The maximum Gasteiger partial charge on any atom is 0.193 e. The summed E-state index contributed by atoms with van der Waals surface area (Å²) in [5.41, 5.74) is 10.0. The first kappa shape index (κ1) is 12.4. The Labute approximate surface area is 107 Å². The first-order valence-electron chi connectivity index (χ1n) is 6.11. The largest absolute Gasteiger partial charge is 0.399 e. The van der Waals surface area contributed by atoms with E-state index < -0.39 is 0 Å². The maximum atomic E-state index is 12.3. The Hall–Kier alpha value is -2.09. The van der Waals surface area contributed by atoms with Crippen LogP contribution in [-0.4, -0.2) is 5.78 Å². The smallest absolute Gasteiger partial charge is 0.193 e. The van der Waals surface area contributed by atoms with Crippen molar-refractivity contribution >= 4 is 11.5 Å². The van der Waals surface area contributed by atoms with Crippen LogP contribution in [0.5, 0.6) is 0 Å². The second kappa shape index (κ2) is 5.05. The van der Waals surface area contributed by atoms with Gasteiger partial charge in [0, 0.05) is 16.8 Å². The Morgan fingerprint density at radius 2 is 1.67 bits per heavy atom. The first-order valence-corrected chi connectivity index (χ1v) is 6.11. The minimum Gasteiger partial charge on any atom is -0.399 e. The number of nitrogens with two attached hydrogens (primary N) is 1. The normalized spacial score (nSPS) is 10.3. The van der Waals surface area contributed by atoms with Crippen LogP contribution in [0, 0.1) is 6.92 Å².